The Kier molecular flexibility index (Phi) is 7.14. The van der Waals surface area contributed by atoms with E-state index in [0.29, 0.717) is 44.0 Å². The number of benzene rings is 1. The third-order valence-electron chi connectivity index (χ3n) is 5.30. The molecule has 0 bridgehead atoms. The summed E-state index contributed by atoms with van der Waals surface area (Å²) in [5.74, 6) is 1.30. The average molecular weight is 435 g/mol. The highest BCUT2D eigenvalue weighted by Crippen LogP contribution is 2.19. The van der Waals surface area contributed by atoms with Crippen molar-refractivity contribution in [1.29, 1.82) is 0 Å². The Hall–Kier alpha value is -2.39. The van der Waals surface area contributed by atoms with Gasteiger partial charge in [-0.15, -0.1) is 0 Å². The minimum absolute atomic E-state index is 0.0564. The lowest BCUT2D eigenvalue weighted by Crippen LogP contribution is -2.37. The maximum absolute atomic E-state index is 12.9. The van der Waals surface area contributed by atoms with Crippen molar-refractivity contribution >= 4 is 15.9 Å². The van der Waals surface area contributed by atoms with Gasteiger partial charge in [-0.2, -0.15) is 4.31 Å². The van der Waals surface area contributed by atoms with Gasteiger partial charge in [0.15, 0.2) is 5.03 Å². The number of carbonyl (C=O) groups excluding carboxylic acids is 1. The van der Waals surface area contributed by atoms with E-state index in [-0.39, 0.29) is 17.5 Å². The maximum Gasteiger partial charge on any atom is 0.262 e. The number of hydrogen-bond acceptors (Lipinski definition) is 5. The number of aryl methyl sites for hydroxylation is 2. The summed E-state index contributed by atoms with van der Waals surface area (Å²) in [5.41, 5.74) is 0.578. The summed E-state index contributed by atoms with van der Waals surface area (Å²) in [6, 6.07) is 7.14. The monoisotopic (exact) mass is 434 g/mol. The molecule has 30 heavy (non-hydrogen) atoms. The van der Waals surface area contributed by atoms with Crippen LogP contribution in [0, 0.1) is 6.92 Å². The van der Waals surface area contributed by atoms with E-state index in [1.54, 1.807) is 47.7 Å². The van der Waals surface area contributed by atoms with Gasteiger partial charge in [-0.1, -0.05) is 13.3 Å². The van der Waals surface area contributed by atoms with E-state index in [4.69, 9.17) is 4.74 Å². The fourth-order valence-electron chi connectivity index (χ4n) is 3.33. The van der Waals surface area contributed by atoms with Gasteiger partial charge in [0.2, 0.25) is 0 Å². The molecule has 0 saturated carbocycles. The van der Waals surface area contributed by atoms with Gasteiger partial charge in [-0.05, 0) is 44.0 Å². The second-order valence-corrected chi connectivity index (χ2v) is 9.40. The summed E-state index contributed by atoms with van der Waals surface area (Å²) in [4.78, 5) is 18.8. The molecular formula is C21H30N4O4S. The van der Waals surface area contributed by atoms with Gasteiger partial charge in [-0.3, -0.25) is 4.79 Å². The lowest BCUT2D eigenvalue weighted by molar-refractivity contribution is 0.0764. The molecule has 1 saturated heterocycles. The van der Waals surface area contributed by atoms with E-state index in [9.17, 15) is 13.2 Å². The molecule has 1 aromatic carbocycles. The van der Waals surface area contributed by atoms with E-state index >= 15 is 0 Å². The van der Waals surface area contributed by atoms with Gasteiger partial charge in [0.25, 0.3) is 15.9 Å². The summed E-state index contributed by atoms with van der Waals surface area (Å²) < 4.78 is 34.6. The molecule has 1 amide bonds. The molecule has 0 radical (unpaired) electrons. The van der Waals surface area contributed by atoms with Gasteiger partial charge < -0.3 is 14.2 Å². The van der Waals surface area contributed by atoms with Crippen LogP contribution >= 0.6 is 0 Å². The van der Waals surface area contributed by atoms with Crippen LogP contribution in [-0.2, 0) is 17.1 Å². The molecule has 164 valence electrons. The van der Waals surface area contributed by atoms with Crippen LogP contribution in [-0.4, -0.2) is 65.9 Å². The highest BCUT2D eigenvalue weighted by atomic mass is 32.2. The highest BCUT2D eigenvalue weighted by Gasteiger charge is 2.30. The third kappa shape index (κ3) is 5.02. The number of rotatable bonds is 7. The first-order valence-corrected chi connectivity index (χ1v) is 11.8. The fourth-order valence-corrected chi connectivity index (χ4v) is 4.83. The van der Waals surface area contributed by atoms with Crippen molar-refractivity contribution in [3.05, 3.63) is 41.9 Å². The standard InChI is InChI=1S/C21H30N4O4S/c1-4-5-15-29-19-9-7-18(8-10-19)21(26)24-11-6-12-25(14-13-24)30(27,28)20-16-23(3)17(2)22-20/h7-10,16H,4-6,11-15H2,1-3H3. The Labute approximate surface area is 178 Å². The molecule has 3 rings (SSSR count). The van der Waals surface area contributed by atoms with Crippen molar-refractivity contribution < 1.29 is 17.9 Å². The first-order chi connectivity index (χ1) is 14.3. The van der Waals surface area contributed by atoms with E-state index in [1.807, 2.05) is 0 Å². The smallest absolute Gasteiger partial charge is 0.262 e. The third-order valence-corrected chi connectivity index (χ3v) is 7.07. The van der Waals surface area contributed by atoms with Gasteiger partial charge in [0.05, 0.1) is 6.61 Å². The zero-order valence-electron chi connectivity index (χ0n) is 17.9. The van der Waals surface area contributed by atoms with E-state index < -0.39 is 10.0 Å². The molecule has 1 aliphatic heterocycles. The van der Waals surface area contributed by atoms with Crippen LogP contribution < -0.4 is 4.74 Å². The first kappa shape index (κ1) is 22.3. The van der Waals surface area contributed by atoms with Gasteiger partial charge in [0, 0.05) is 45.0 Å². The molecule has 2 heterocycles. The summed E-state index contributed by atoms with van der Waals surface area (Å²) in [6.45, 7) is 6.02. The number of imidazole rings is 1. The predicted molar refractivity (Wildman–Crippen MR) is 114 cm³/mol. The largest absolute Gasteiger partial charge is 0.494 e. The minimum atomic E-state index is -3.67. The minimum Gasteiger partial charge on any atom is -0.494 e. The molecule has 0 aliphatic carbocycles. The number of carbonyl (C=O) groups is 1. The van der Waals surface area contributed by atoms with Crippen LogP contribution in [0.5, 0.6) is 5.75 Å². The van der Waals surface area contributed by atoms with Crippen LogP contribution in [0.25, 0.3) is 0 Å². The van der Waals surface area contributed by atoms with E-state index in [0.717, 1.165) is 18.6 Å². The van der Waals surface area contributed by atoms with Crippen LogP contribution in [0.15, 0.2) is 35.5 Å². The summed E-state index contributed by atoms with van der Waals surface area (Å²) >= 11 is 0. The summed E-state index contributed by atoms with van der Waals surface area (Å²) in [6.07, 6.45) is 4.17. The number of hydrogen-bond donors (Lipinski definition) is 0. The molecule has 0 spiro atoms. The number of aromatic nitrogens is 2. The Morgan fingerprint density at radius 2 is 1.87 bits per heavy atom. The second-order valence-electron chi connectivity index (χ2n) is 7.51. The van der Waals surface area contributed by atoms with Crippen LogP contribution in [0.3, 0.4) is 0 Å². The quantitative estimate of drug-likeness (QED) is 0.625. The topological polar surface area (TPSA) is 84.7 Å². The highest BCUT2D eigenvalue weighted by molar-refractivity contribution is 7.89. The molecular weight excluding hydrogens is 404 g/mol. The number of amides is 1. The number of nitrogens with zero attached hydrogens (tertiary/aromatic N) is 4. The van der Waals surface area contributed by atoms with E-state index in [1.165, 1.54) is 10.5 Å². The molecule has 1 aromatic heterocycles. The molecule has 8 nitrogen and oxygen atoms in total. The zero-order valence-corrected chi connectivity index (χ0v) is 18.7. The SMILES string of the molecule is CCCCOc1ccc(C(=O)N2CCCN(S(=O)(=O)c3cn(C)c(C)n3)CC2)cc1. The van der Waals surface area contributed by atoms with Gasteiger partial charge in [0.1, 0.15) is 11.6 Å². The lowest BCUT2D eigenvalue weighted by atomic mass is 10.2. The Bertz CT molecular complexity index is 950. The average Bonchev–Trinajstić information content (AvgIpc) is 2.94. The Balaban J connectivity index is 1.63. The van der Waals surface area contributed by atoms with Crippen LogP contribution in [0.2, 0.25) is 0 Å². The molecule has 0 N–H and O–H groups in total. The number of unbranched alkanes of at least 4 members (excludes halogenated alkanes) is 1. The summed E-state index contributed by atoms with van der Waals surface area (Å²) in [7, 11) is -1.90. The molecule has 1 aliphatic rings. The summed E-state index contributed by atoms with van der Waals surface area (Å²) in [5, 5.41) is 0.0564. The zero-order chi connectivity index (χ0) is 21.7. The second kappa shape index (κ2) is 9.61. The molecule has 0 atom stereocenters. The van der Waals surface area contributed by atoms with Gasteiger partial charge >= 0.3 is 0 Å². The van der Waals surface area contributed by atoms with Crippen LogP contribution in [0.1, 0.15) is 42.4 Å². The predicted octanol–water partition coefficient (Wildman–Crippen LogP) is 2.44. The van der Waals surface area contributed by atoms with Crippen LogP contribution in [0.4, 0.5) is 0 Å². The first-order valence-electron chi connectivity index (χ1n) is 10.3. The lowest BCUT2D eigenvalue weighted by Gasteiger charge is -2.21. The fraction of sp³-hybridized carbons (Fsp3) is 0.524. The Morgan fingerprint density at radius 1 is 1.13 bits per heavy atom. The molecule has 0 unspecified atom stereocenters. The van der Waals surface area contributed by atoms with Crippen molar-refractivity contribution in [1.82, 2.24) is 18.8 Å². The van der Waals surface area contributed by atoms with Gasteiger partial charge in [-0.25, -0.2) is 13.4 Å². The van der Waals surface area contributed by atoms with Crippen molar-refractivity contribution in [2.45, 2.75) is 38.1 Å². The van der Waals surface area contributed by atoms with Crippen molar-refractivity contribution in [3.63, 3.8) is 0 Å². The Morgan fingerprint density at radius 3 is 2.50 bits per heavy atom. The van der Waals surface area contributed by atoms with Crippen molar-refractivity contribution in [3.8, 4) is 5.75 Å². The van der Waals surface area contributed by atoms with E-state index in [2.05, 4.69) is 11.9 Å². The molecule has 1 fully saturated rings. The normalized spacial score (nSPS) is 15.8. The molecule has 2 aromatic rings. The van der Waals surface area contributed by atoms with Crippen molar-refractivity contribution in [2.75, 3.05) is 32.8 Å². The van der Waals surface area contributed by atoms with Crippen molar-refractivity contribution in [2.24, 2.45) is 7.05 Å². The maximum atomic E-state index is 12.9. The number of ether oxygens (including phenoxy) is 1. The number of sulfonamides is 1. The molecule has 9 heteroatoms.